The maximum absolute atomic E-state index is 12.8. The van der Waals surface area contributed by atoms with E-state index in [0.29, 0.717) is 30.0 Å². The smallest absolute Gasteiger partial charge is 0.326 e. The monoisotopic (exact) mass is 367 g/mol. The highest BCUT2D eigenvalue weighted by Gasteiger charge is 2.34. The number of hydrogen-bond donors (Lipinski definition) is 1. The zero-order valence-corrected chi connectivity index (χ0v) is 15.2. The second kappa shape index (κ2) is 7.95. The van der Waals surface area contributed by atoms with Crippen molar-refractivity contribution >= 4 is 23.6 Å². The third-order valence-electron chi connectivity index (χ3n) is 4.60. The Labute approximate surface area is 157 Å². The van der Waals surface area contributed by atoms with E-state index in [1.165, 1.54) is 11.0 Å². The predicted octanol–water partition coefficient (Wildman–Crippen LogP) is 3.15. The van der Waals surface area contributed by atoms with Crippen LogP contribution >= 0.6 is 0 Å². The molecule has 1 heterocycles. The number of fused-ring (bicyclic) bond motifs is 1. The van der Waals surface area contributed by atoms with Gasteiger partial charge in [-0.2, -0.15) is 0 Å². The van der Waals surface area contributed by atoms with E-state index in [4.69, 9.17) is 9.47 Å². The van der Waals surface area contributed by atoms with Crippen molar-refractivity contribution in [1.82, 2.24) is 0 Å². The lowest BCUT2D eigenvalue weighted by molar-refractivity contribution is -0.140. The van der Waals surface area contributed by atoms with Gasteiger partial charge in [0.2, 0.25) is 0 Å². The van der Waals surface area contributed by atoms with Crippen molar-refractivity contribution < 1.29 is 24.2 Å². The highest BCUT2D eigenvalue weighted by Crippen LogP contribution is 2.31. The van der Waals surface area contributed by atoms with Crippen LogP contribution in [0, 0.1) is 0 Å². The molecule has 1 atom stereocenters. The summed E-state index contributed by atoms with van der Waals surface area (Å²) < 4.78 is 10.5. The first kappa shape index (κ1) is 18.5. The first-order valence-electron chi connectivity index (χ1n) is 8.59. The van der Waals surface area contributed by atoms with E-state index in [2.05, 4.69) is 0 Å². The van der Waals surface area contributed by atoms with Gasteiger partial charge < -0.3 is 14.6 Å². The van der Waals surface area contributed by atoms with E-state index in [1.54, 1.807) is 50.6 Å². The first-order chi connectivity index (χ1) is 13.0. The van der Waals surface area contributed by atoms with Gasteiger partial charge in [0.1, 0.15) is 6.04 Å². The lowest BCUT2D eigenvalue weighted by Crippen LogP contribution is -2.47. The first-order valence-corrected chi connectivity index (χ1v) is 8.59. The number of carbonyl (C=O) groups excluding carboxylic acids is 1. The summed E-state index contributed by atoms with van der Waals surface area (Å²) in [4.78, 5) is 25.9. The normalized spacial score (nSPS) is 16.1. The number of methoxy groups -OCH3 is 2. The van der Waals surface area contributed by atoms with Gasteiger partial charge in [-0.3, -0.25) is 9.69 Å². The molecule has 1 N–H and O–H groups in total. The Morgan fingerprint density at radius 3 is 2.56 bits per heavy atom. The fourth-order valence-electron chi connectivity index (χ4n) is 3.26. The van der Waals surface area contributed by atoms with E-state index < -0.39 is 12.0 Å². The second-order valence-electron chi connectivity index (χ2n) is 6.18. The van der Waals surface area contributed by atoms with Crippen molar-refractivity contribution in [2.75, 3.05) is 19.1 Å². The minimum atomic E-state index is -1.00. The molecule has 0 aromatic heterocycles. The van der Waals surface area contributed by atoms with Crippen LogP contribution in [0.15, 0.2) is 48.5 Å². The van der Waals surface area contributed by atoms with Gasteiger partial charge in [0, 0.05) is 11.8 Å². The van der Waals surface area contributed by atoms with Crippen LogP contribution < -0.4 is 14.4 Å². The lowest BCUT2D eigenvalue weighted by atomic mass is 9.95. The van der Waals surface area contributed by atoms with Gasteiger partial charge in [0.25, 0.3) is 5.91 Å². The van der Waals surface area contributed by atoms with Gasteiger partial charge in [-0.05, 0) is 48.2 Å². The molecule has 6 heteroatoms. The summed E-state index contributed by atoms with van der Waals surface area (Å²) in [5.41, 5.74) is 2.37. The Kier molecular flexibility index (Phi) is 5.45. The molecule has 2 aromatic carbocycles. The number of carbonyl (C=O) groups is 2. The van der Waals surface area contributed by atoms with Crippen LogP contribution in [0.4, 0.5) is 5.69 Å². The maximum Gasteiger partial charge on any atom is 0.326 e. The number of carboxylic acid groups (broad SMARTS) is 1. The van der Waals surface area contributed by atoms with Gasteiger partial charge in [0.05, 0.1) is 14.2 Å². The molecule has 3 rings (SSSR count). The molecule has 0 spiro atoms. The third kappa shape index (κ3) is 3.79. The van der Waals surface area contributed by atoms with Gasteiger partial charge in [-0.1, -0.05) is 24.3 Å². The highest BCUT2D eigenvalue weighted by molar-refractivity contribution is 6.08. The Bertz CT molecular complexity index is 890. The summed E-state index contributed by atoms with van der Waals surface area (Å²) in [5.74, 6) is -0.225. The fourth-order valence-corrected chi connectivity index (χ4v) is 3.26. The van der Waals surface area contributed by atoms with Crippen molar-refractivity contribution in [3.8, 4) is 11.5 Å². The van der Waals surface area contributed by atoms with E-state index >= 15 is 0 Å². The molecule has 0 fully saturated rings. The minimum absolute atomic E-state index is 0.371. The zero-order chi connectivity index (χ0) is 19.4. The van der Waals surface area contributed by atoms with Gasteiger partial charge in [-0.15, -0.1) is 0 Å². The van der Waals surface area contributed by atoms with Crippen LogP contribution in [0.2, 0.25) is 0 Å². The molecule has 0 saturated carbocycles. The van der Waals surface area contributed by atoms with Crippen molar-refractivity contribution in [2.45, 2.75) is 18.9 Å². The summed E-state index contributed by atoms with van der Waals surface area (Å²) in [6.45, 7) is 0. The zero-order valence-electron chi connectivity index (χ0n) is 15.2. The Hall–Kier alpha value is -3.28. The number of nitrogens with zero attached hydrogens (tertiary/aromatic N) is 1. The van der Waals surface area contributed by atoms with E-state index in [9.17, 15) is 14.7 Å². The topological polar surface area (TPSA) is 76.1 Å². The minimum Gasteiger partial charge on any atom is -0.493 e. The van der Waals surface area contributed by atoms with Crippen molar-refractivity contribution in [2.24, 2.45) is 0 Å². The summed E-state index contributed by atoms with van der Waals surface area (Å²) in [7, 11) is 3.09. The fraction of sp³-hybridized carbons (Fsp3) is 0.238. The average Bonchev–Trinajstić information content (AvgIpc) is 2.70. The van der Waals surface area contributed by atoms with Gasteiger partial charge in [0.15, 0.2) is 11.5 Å². The molecule has 0 radical (unpaired) electrons. The van der Waals surface area contributed by atoms with E-state index in [0.717, 1.165) is 11.1 Å². The third-order valence-corrected chi connectivity index (χ3v) is 4.60. The predicted molar refractivity (Wildman–Crippen MR) is 102 cm³/mol. The number of aryl methyl sites for hydroxylation is 1. The number of aliphatic carboxylic acids is 1. The summed E-state index contributed by atoms with van der Waals surface area (Å²) in [6.07, 6.45) is 4.05. The molecule has 1 unspecified atom stereocenters. The number of benzene rings is 2. The van der Waals surface area contributed by atoms with Crippen molar-refractivity contribution in [3.63, 3.8) is 0 Å². The molecule has 1 amide bonds. The van der Waals surface area contributed by atoms with E-state index in [1.807, 2.05) is 12.1 Å². The lowest BCUT2D eigenvalue weighted by Gasteiger charge is -2.34. The van der Waals surface area contributed by atoms with Crippen LogP contribution in [-0.4, -0.2) is 37.2 Å². The van der Waals surface area contributed by atoms with Crippen LogP contribution in [0.3, 0.4) is 0 Å². The van der Waals surface area contributed by atoms with Crippen molar-refractivity contribution in [1.29, 1.82) is 0 Å². The number of hydrogen-bond acceptors (Lipinski definition) is 4. The molecule has 0 bridgehead atoms. The quantitative estimate of drug-likeness (QED) is 0.822. The number of anilines is 1. The largest absolute Gasteiger partial charge is 0.493 e. The standard InChI is InChI=1S/C21H21NO5/c1-26-18-11-7-14(13-19(18)27-2)8-12-20(23)22-16-6-4-3-5-15(16)9-10-17(22)21(24)25/h3-8,11-13,17H,9-10H2,1-2H3,(H,24,25)/b12-8+. The Morgan fingerprint density at radius 2 is 1.85 bits per heavy atom. The Balaban J connectivity index is 1.89. The molecule has 0 saturated heterocycles. The second-order valence-corrected chi connectivity index (χ2v) is 6.18. The SMILES string of the molecule is COc1ccc(/C=C/C(=O)N2c3ccccc3CCC2C(=O)O)cc1OC. The molecule has 1 aliphatic rings. The molecule has 27 heavy (non-hydrogen) atoms. The summed E-state index contributed by atoms with van der Waals surface area (Å²) in [6, 6.07) is 11.8. The average molecular weight is 367 g/mol. The number of amides is 1. The summed E-state index contributed by atoms with van der Waals surface area (Å²) in [5, 5.41) is 9.55. The molecular weight excluding hydrogens is 346 g/mol. The summed E-state index contributed by atoms with van der Waals surface area (Å²) >= 11 is 0. The molecule has 1 aliphatic heterocycles. The van der Waals surface area contributed by atoms with Crippen LogP contribution in [0.5, 0.6) is 11.5 Å². The highest BCUT2D eigenvalue weighted by atomic mass is 16.5. The van der Waals surface area contributed by atoms with Crippen molar-refractivity contribution in [3.05, 3.63) is 59.7 Å². The van der Waals surface area contributed by atoms with Crippen LogP contribution in [0.1, 0.15) is 17.5 Å². The number of rotatable bonds is 5. The van der Waals surface area contributed by atoms with Crippen LogP contribution in [0.25, 0.3) is 6.08 Å². The van der Waals surface area contributed by atoms with E-state index in [-0.39, 0.29) is 5.91 Å². The molecule has 140 valence electrons. The van der Waals surface area contributed by atoms with Gasteiger partial charge in [-0.25, -0.2) is 4.79 Å². The molecule has 0 aliphatic carbocycles. The number of carboxylic acids is 1. The molecule has 6 nitrogen and oxygen atoms in total. The van der Waals surface area contributed by atoms with Crippen LogP contribution in [-0.2, 0) is 16.0 Å². The molecular formula is C21H21NO5. The number of ether oxygens (including phenoxy) is 2. The van der Waals surface area contributed by atoms with Gasteiger partial charge >= 0.3 is 5.97 Å². The Morgan fingerprint density at radius 1 is 1.11 bits per heavy atom. The maximum atomic E-state index is 12.8. The number of para-hydroxylation sites is 1. The molecule has 2 aromatic rings.